The van der Waals surface area contributed by atoms with Crippen molar-refractivity contribution in [1.29, 1.82) is 0 Å². The molecular weight excluding hydrogens is 307 g/mol. The van der Waals surface area contributed by atoms with Crippen molar-refractivity contribution in [2.75, 3.05) is 5.32 Å². The summed E-state index contributed by atoms with van der Waals surface area (Å²) in [5.41, 5.74) is 1.74. The number of nitrogens with one attached hydrogen (secondary N) is 1. The smallest absolute Gasteiger partial charge is 0.261 e. The van der Waals surface area contributed by atoms with E-state index in [1.165, 1.54) is 18.3 Å². The highest BCUT2D eigenvalue weighted by atomic mass is 19.1. The van der Waals surface area contributed by atoms with Crippen LogP contribution in [0.15, 0.2) is 53.5 Å². The van der Waals surface area contributed by atoms with Crippen LogP contribution in [-0.4, -0.2) is 10.5 Å². The Morgan fingerprint density at radius 3 is 2.71 bits per heavy atom. The summed E-state index contributed by atoms with van der Waals surface area (Å²) >= 11 is 0. The van der Waals surface area contributed by atoms with Crippen LogP contribution >= 0.6 is 0 Å². The molecular formula is C19H17FN2O2. The minimum atomic E-state index is -0.506. The van der Waals surface area contributed by atoms with Crippen LogP contribution in [0.2, 0.25) is 0 Å². The van der Waals surface area contributed by atoms with Crippen LogP contribution in [0.25, 0.3) is 10.9 Å². The van der Waals surface area contributed by atoms with Gasteiger partial charge in [-0.2, -0.15) is 0 Å². The van der Waals surface area contributed by atoms with Crippen LogP contribution in [0.4, 0.5) is 10.1 Å². The summed E-state index contributed by atoms with van der Waals surface area (Å²) in [5.74, 6) is -1.00. The number of hydrogen-bond acceptors (Lipinski definition) is 2. The molecule has 3 rings (SSSR count). The van der Waals surface area contributed by atoms with Gasteiger partial charge in [-0.3, -0.25) is 9.59 Å². The van der Waals surface area contributed by atoms with Gasteiger partial charge in [0.15, 0.2) is 0 Å². The fourth-order valence-corrected chi connectivity index (χ4v) is 2.77. The molecule has 0 aliphatic rings. The van der Waals surface area contributed by atoms with Crippen LogP contribution in [0.3, 0.4) is 0 Å². The Balaban J connectivity index is 2.07. The number of benzene rings is 2. The zero-order valence-corrected chi connectivity index (χ0v) is 13.5. The van der Waals surface area contributed by atoms with E-state index in [2.05, 4.69) is 5.32 Å². The normalized spacial score (nSPS) is 10.8. The van der Waals surface area contributed by atoms with Crippen molar-refractivity contribution in [1.82, 2.24) is 4.57 Å². The van der Waals surface area contributed by atoms with Crippen molar-refractivity contribution in [2.45, 2.75) is 13.3 Å². The lowest BCUT2D eigenvalue weighted by atomic mass is 10.1. The highest BCUT2D eigenvalue weighted by Gasteiger charge is 2.16. The van der Waals surface area contributed by atoms with Gasteiger partial charge in [0, 0.05) is 24.3 Å². The number of aryl methyl sites for hydroxylation is 2. The largest absolute Gasteiger partial charge is 0.350 e. The maximum absolute atomic E-state index is 13.5. The lowest BCUT2D eigenvalue weighted by Crippen LogP contribution is -2.24. The van der Waals surface area contributed by atoms with Gasteiger partial charge in [-0.25, -0.2) is 4.39 Å². The molecule has 5 heteroatoms. The second-order valence-corrected chi connectivity index (χ2v) is 5.61. The number of carbonyl (C=O) groups is 1. The lowest BCUT2D eigenvalue weighted by Gasteiger charge is -2.12. The third-order valence-corrected chi connectivity index (χ3v) is 4.04. The molecule has 2 aromatic carbocycles. The summed E-state index contributed by atoms with van der Waals surface area (Å²) in [6, 6.07) is 11.4. The Morgan fingerprint density at radius 2 is 1.96 bits per heavy atom. The summed E-state index contributed by atoms with van der Waals surface area (Å²) in [6.45, 7) is 1.99. The maximum atomic E-state index is 13.5. The molecule has 1 heterocycles. The summed E-state index contributed by atoms with van der Waals surface area (Å²) in [7, 11) is 1.72. The molecule has 0 bridgehead atoms. The molecule has 1 amide bonds. The summed E-state index contributed by atoms with van der Waals surface area (Å²) < 4.78 is 15.1. The van der Waals surface area contributed by atoms with Crippen molar-refractivity contribution < 1.29 is 9.18 Å². The first kappa shape index (κ1) is 15.9. The molecule has 0 saturated heterocycles. The molecule has 0 atom stereocenters. The maximum Gasteiger partial charge on any atom is 0.261 e. The SMILES string of the molecule is CCc1ccccc1NC(=O)c1cn(C)c2ccc(F)cc2c1=O. The van der Waals surface area contributed by atoms with Crippen LogP contribution in [0, 0.1) is 5.82 Å². The van der Waals surface area contributed by atoms with Gasteiger partial charge >= 0.3 is 0 Å². The number of hydrogen-bond donors (Lipinski definition) is 1. The average Bonchev–Trinajstić information content (AvgIpc) is 2.58. The number of halogens is 1. The molecule has 0 aliphatic carbocycles. The van der Waals surface area contributed by atoms with E-state index in [4.69, 9.17) is 0 Å². The van der Waals surface area contributed by atoms with Crippen molar-refractivity contribution in [3.05, 3.63) is 75.8 Å². The highest BCUT2D eigenvalue weighted by Crippen LogP contribution is 2.17. The molecule has 1 N–H and O–H groups in total. The molecule has 3 aromatic rings. The van der Waals surface area contributed by atoms with Gasteiger partial charge in [-0.15, -0.1) is 0 Å². The van der Waals surface area contributed by atoms with Crippen molar-refractivity contribution >= 4 is 22.5 Å². The quantitative estimate of drug-likeness (QED) is 0.802. The van der Waals surface area contributed by atoms with Gasteiger partial charge in [0.1, 0.15) is 11.4 Å². The number of fused-ring (bicyclic) bond motifs is 1. The zero-order valence-electron chi connectivity index (χ0n) is 13.5. The van der Waals surface area contributed by atoms with Gasteiger partial charge in [0.25, 0.3) is 5.91 Å². The standard InChI is InChI=1S/C19H17FN2O2/c1-3-12-6-4-5-7-16(12)21-19(24)15-11-22(2)17-9-8-13(20)10-14(17)18(15)23/h4-11H,3H2,1-2H3,(H,21,24). The molecule has 0 saturated carbocycles. The van der Waals surface area contributed by atoms with E-state index in [1.807, 2.05) is 25.1 Å². The third kappa shape index (κ3) is 2.80. The predicted molar refractivity (Wildman–Crippen MR) is 92.9 cm³/mol. The Labute approximate surface area is 138 Å². The van der Waals surface area contributed by atoms with Gasteiger partial charge in [-0.05, 0) is 36.2 Å². The van der Waals surface area contributed by atoms with Crippen LogP contribution in [-0.2, 0) is 13.5 Å². The number of aromatic nitrogens is 1. The zero-order chi connectivity index (χ0) is 17.3. The second-order valence-electron chi connectivity index (χ2n) is 5.61. The number of para-hydroxylation sites is 1. The molecule has 0 aliphatic heterocycles. The molecule has 1 aromatic heterocycles. The second kappa shape index (κ2) is 6.28. The first-order chi connectivity index (χ1) is 11.5. The van der Waals surface area contributed by atoms with E-state index >= 15 is 0 Å². The summed E-state index contributed by atoms with van der Waals surface area (Å²) in [5, 5.41) is 2.97. The number of amides is 1. The fraction of sp³-hybridized carbons (Fsp3) is 0.158. The predicted octanol–water partition coefficient (Wildman–Crippen LogP) is 3.49. The minimum Gasteiger partial charge on any atom is -0.350 e. The molecule has 122 valence electrons. The Hall–Kier alpha value is -2.95. The first-order valence-corrected chi connectivity index (χ1v) is 7.69. The number of pyridine rings is 1. The molecule has 0 radical (unpaired) electrons. The Bertz CT molecular complexity index is 992. The average molecular weight is 324 g/mol. The Morgan fingerprint density at radius 1 is 1.21 bits per heavy atom. The minimum absolute atomic E-state index is 0.0125. The molecule has 4 nitrogen and oxygen atoms in total. The summed E-state index contributed by atoms with van der Waals surface area (Å²) in [4.78, 5) is 25.1. The molecule has 0 spiro atoms. The van der Waals surface area contributed by atoms with E-state index in [0.29, 0.717) is 11.2 Å². The fourth-order valence-electron chi connectivity index (χ4n) is 2.77. The number of anilines is 1. The van der Waals surface area contributed by atoms with E-state index in [0.717, 1.165) is 18.1 Å². The van der Waals surface area contributed by atoms with Crippen LogP contribution < -0.4 is 10.7 Å². The Kier molecular flexibility index (Phi) is 4.16. The van der Waals surface area contributed by atoms with E-state index < -0.39 is 17.2 Å². The number of rotatable bonds is 3. The summed E-state index contributed by atoms with van der Waals surface area (Å²) in [6.07, 6.45) is 2.24. The number of nitrogens with zero attached hydrogens (tertiary/aromatic N) is 1. The van der Waals surface area contributed by atoms with Gasteiger partial charge < -0.3 is 9.88 Å². The van der Waals surface area contributed by atoms with Crippen molar-refractivity contribution in [3.8, 4) is 0 Å². The number of carbonyl (C=O) groups excluding carboxylic acids is 1. The molecule has 0 unspecified atom stereocenters. The molecule has 0 fully saturated rings. The van der Waals surface area contributed by atoms with Gasteiger partial charge in [0.2, 0.25) is 5.43 Å². The van der Waals surface area contributed by atoms with Crippen LogP contribution in [0.1, 0.15) is 22.8 Å². The monoisotopic (exact) mass is 324 g/mol. The van der Waals surface area contributed by atoms with Crippen molar-refractivity contribution in [2.24, 2.45) is 7.05 Å². The third-order valence-electron chi connectivity index (χ3n) is 4.04. The topological polar surface area (TPSA) is 51.1 Å². The molecule has 24 heavy (non-hydrogen) atoms. The van der Waals surface area contributed by atoms with Crippen LogP contribution in [0.5, 0.6) is 0 Å². The van der Waals surface area contributed by atoms with Gasteiger partial charge in [0.05, 0.1) is 5.52 Å². The van der Waals surface area contributed by atoms with E-state index in [-0.39, 0.29) is 10.9 Å². The van der Waals surface area contributed by atoms with E-state index in [9.17, 15) is 14.0 Å². The van der Waals surface area contributed by atoms with Crippen molar-refractivity contribution in [3.63, 3.8) is 0 Å². The lowest BCUT2D eigenvalue weighted by molar-refractivity contribution is 0.102. The van der Waals surface area contributed by atoms with E-state index in [1.54, 1.807) is 17.7 Å². The first-order valence-electron chi connectivity index (χ1n) is 7.69. The van der Waals surface area contributed by atoms with Gasteiger partial charge in [-0.1, -0.05) is 25.1 Å². The highest BCUT2D eigenvalue weighted by molar-refractivity contribution is 6.06.